The molecular weight excluding hydrogens is 311 g/mol. The molecule has 0 fully saturated rings. The molecule has 0 spiro atoms. The minimum atomic E-state index is -0.424. The SMILES string of the molecule is CC(COc1ccccc1F)NC(=O)c1cc2c(cn1)OCCC2. The number of carbonyl (C=O) groups excluding carboxylic acids is 1. The molecule has 3 rings (SSSR count). The molecule has 1 aromatic heterocycles. The van der Waals surface area contributed by atoms with Gasteiger partial charge in [0, 0.05) is 0 Å². The lowest BCUT2D eigenvalue weighted by atomic mass is 10.1. The van der Waals surface area contributed by atoms with Crippen LogP contribution in [0.2, 0.25) is 0 Å². The van der Waals surface area contributed by atoms with Crippen LogP contribution in [-0.2, 0) is 6.42 Å². The third-order valence-electron chi connectivity index (χ3n) is 3.73. The van der Waals surface area contributed by atoms with Crippen molar-refractivity contribution in [3.63, 3.8) is 0 Å². The number of benzene rings is 1. The number of hydrogen-bond acceptors (Lipinski definition) is 4. The maximum atomic E-state index is 13.5. The van der Waals surface area contributed by atoms with Gasteiger partial charge in [0.05, 0.1) is 18.8 Å². The highest BCUT2D eigenvalue weighted by Gasteiger charge is 2.17. The maximum absolute atomic E-state index is 13.5. The van der Waals surface area contributed by atoms with Crippen LogP contribution in [0.15, 0.2) is 36.5 Å². The number of halogens is 1. The van der Waals surface area contributed by atoms with Gasteiger partial charge >= 0.3 is 0 Å². The molecule has 2 heterocycles. The smallest absolute Gasteiger partial charge is 0.270 e. The molecule has 1 unspecified atom stereocenters. The van der Waals surface area contributed by atoms with E-state index in [1.54, 1.807) is 37.4 Å². The molecule has 1 aliphatic heterocycles. The summed E-state index contributed by atoms with van der Waals surface area (Å²) in [5.74, 6) is 0.205. The second-order valence-corrected chi connectivity index (χ2v) is 5.75. The molecule has 0 saturated heterocycles. The van der Waals surface area contributed by atoms with E-state index in [-0.39, 0.29) is 24.3 Å². The first-order valence-corrected chi connectivity index (χ1v) is 7.93. The molecule has 2 aromatic rings. The van der Waals surface area contributed by atoms with Gasteiger partial charge in [0.1, 0.15) is 18.1 Å². The normalized spacial score (nSPS) is 14.2. The van der Waals surface area contributed by atoms with E-state index >= 15 is 0 Å². The van der Waals surface area contributed by atoms with E-state index < -0.39 is 5.82 Å². The van der Waals surface area contributed by atoms with Gasteiger partial charge in [-0.1, -0.05) is 12.1 Å². The van der Waals surface area contributed by atoms with Crippen molar-refractivity contribution in [3.8, 4) is 11.5 Å². The van der Waals surface area contributed by atoms with Gasteiger partial charge in [-0.05, 0) is 43.5 Å². The zero-order chi connectivity index (χ0) is 16.9. The largest absolute Gasteiger partial charge is 0.492 e. The van der Waals surface area contributed by atoms with Crippen LogP contribution < -0.4 is 14.8 Å². The van der Waals surface area contributed by atoms with E-state index in [0.29, 0.717) is 12.3 Å². The van der Waals surface area contributed by atoms with Crippen molar-refractivity contribution in [2.75, 3.05) is 13.2 Å². The molecule has 126 valence electrons. The van der Waals surface area contributed by atoms with Crippen LogP contribution in [0.3, 0.4) is 0 Å². The lowest BCUT2D eigenvalue weighted by molar-refractivity contribution is 0.0920. The molecule has 1 aliphatic rings. The first-order chi connectivity index (χ1) is 11.6. The third kappa shape index (κ3) is 3.82. The quantitative estimate of drug-likeness (QED) is 0.916. The Kier molecular flexibility index (Phi) is 4.93. The summed E-state index contributed by atoms with van der Waals surface area (Å²) < 4.78 is 24.4. The number of hydrogen-bond donors (Lipinski definition) is 1. The van der Waals surface area contributed by atoms with Crippen LogP contribution in [0.1, 0.15) is 29.4 Å². The van der Waals surface area contributed by atoms with Crippen molar-refractivity contribution in [1.29, 1.82) is 0 Å². The number of aromatic nitrogens is 1. The molecule has 1 N–H and O–H groups in total. The van der Waals surface area contributed by atoms with Crippen molar-refractivity contribution in [2.24, 2.45) is 0 Å². The van der Waals surface area contributed by atoms with Gasteiger partial charge in [0.2, 0.25) is 0 Å². The summed E-state index contributed by atoms with van der Waals surface area (Å²) in [5.41, 5.74) is 1.34. The van der Waals surface area contributed by atoms with E-state index in [4.69, 9.17) is 9.47 Å². The molecule has 0 aliphatic carbocycles. The van der Waals surface area contributed by atoms with E-state index in [9.17, 15) is 9.18 Å². The van der Waals surface area contributed by atoms with Crippen molar-refractivity contribution >= 4 is 5.91 Å². The van der Waals surface area contributed by atoms with Gasteiger partial charge in [0.15, 0.2) is 11.6 Å². The Morgan fingerprint density at radius 3 is 3.12 bits per heavy atom. The van der Waals surface area contributed by atoms with Crippen LogP contribution in [0.25, 0.3) is 0 Å². The van der Waals surface area contributed by atoms with Crippen molar-refractivity contribution in [3.05, 3.63) is 53.6 Å². The lowest BCUT2D eigenvalue weighted by Gasteiger charge is -2.18. The summed E-state index contributed by atoms with van der Waals surface area (Å²) in [7, 11) is 0. The van der Waals surface area contributed by atoms with Gasteiger partial charge in [-0.25, -0.2) is 9.37 Å². The molecule has 24 heavy (non-hydrogen) atoms. The number of carbonyl (C=O) groups is 1. The average Bonchev–Trinajstić information content (AvgIpc) is 2.60. The highest BCUT2D eigenvalue weighted by Crippen LogP contribution is 2.24. The second-order valence-electron chi connectivity index (χ2n) is 5.75. The zero-order valence-corrected chi connectivity index (χ0v) is 13.4. The van der Waals surface area contributed by atoms with E-state index in [1.165, 1.54) is 6.07 Å². The van der Waals surface area contributed by atoms with E-state index in [0.717, 1.165) is 24.2 Å². The Labute approximate surface area is 139 Å². The van der Waals surface area contributed by atoms with Crippen molar-refractivity contribution < 1.29 is 18.7 Å². The summed E-state index contributed by atoms with van der Waals surface area (Å²) in [5, 5.41) is 2.80. The van der Waals surface area contributed by atoms with Crippen LogP contribution >= 0.6 is 0 Å². The topological polar surface area (TPSA) is 60.5 Å². The summed E-state index contributed by atoms with van der Waals surface area (Å²) >= 11 is 0. The monoisotopic (exact) mass is 330 g/mol. The number of fused-ring (bicyclic) bond motifs is 1. The Balaban J connectivity index is 1.57. The summed E-state index contributed by atoms with van der Waals surface area (Å²) in [6.07, 6.45) is 3.40. The molecule has 0 radical (unpaired) electrons. The Bertz CT molecular complexity index is 736. The highest BCUT2D eigenvalue weighted by atomic mass is 19.1. The maximum Gasteiger partial charge on any atom is 0.270 e. The van der Waals surface area contributed by atoms with E-state index in [1.807, 2.05) is 0 Å². The van der Waals surface area contributed by atoms with Gasteiger partial charge in [-0.2, -0.15) is 0 Å². The van der Waals surface area contributed by atoms with Gasteiger partial charge in [-0.15, -0.1) is 0 Å². The Hall–Kier alpha value is -2.63. The van der Waals surface area contributed by atoms with Crippen LogP contribution in [0.5, 0.6) is 11.5 Å². The fourth-order valence-electron chi connectivity index (χ4n) is 2.49. The number of amides is 1. The number of pyridine rings is 1. The molecule has 1 amide bonds. The Morgan fingerprint density at radius 1 is 1.46 bits per heavy atom. The predicted molar refractivity (Wildman–Crippen MR) is 86.9 cm³/mol. The highest BCUT2D eigenvalue weighted by molar-refractivity contribution is 5.92. The van der Waals surface area contributed by atoms with Gasteiger partial charge < -0.3 is 14.8 Å². The number of aryl methyl sites for hydroxylation is 1. The van der Waals surface area contributed by atoms with Gasteiger partial charge in [-0.3, -0.25) is 4.79 Å². The van der Waals surface area contributed by atoms with Crippen LogP contribution in [0.4, 0.5) is 4.39 Å². The third-order valence-corrected chi connectivity index (χ3v) is 3.73. The second kappa shape index (κ2) is 7.29. The number of para-hydroxylation sites is 1. The van der Waals surface area contributed by atoms with Gasteiger partial charge in [0.25, 0.3) is 5.91 Å². The number of nitrogens with one attached hydrogen (secondary N) is 1. The first-order valence-electron chi connectivity index (χ1n) is 7.93. The molecule has 1 aromatic carbocycles. The molecular formula is C18H19FN2O3. The lowest BCUT2D eigenvalue weighted by Crippen LogP contribution is -2.37. The standard InChI is InChI=1S/C18H19FN2O3/c1-12(11-24-16-7-3-2-6-14(16)19)21-18(22)15-9-13-5-4-8-23-17(13)10-20-15/h2-3,6-7,9-10,12H,4-5,8,11H2,1H3,(H,21,22). The number of ether oxygens (including phenoxy) is 2. The van der Waals surface area contributed by atoms with E-state index in [2.05, 4.69) is 10.3 Å². The zero-order valence-electron chi connectivity index (χ0n) is 13.4. The van der Waals surface area contributed by atoms with Crippen LogP contribution in [0, 0.1) is 5.82 Å². The molecule has 6 heteroatoms. The average molecular weight is 330 g/mol. The van der Waals surface area contributed by atoms with Crippen LogP contribution in [-0.4, -0.2) is 30.1 Å². The summed E-state index contributed by atoms with van der Waals surface area (Å²) in [4.78, 5) is 16.4. The molecule has 0 saturated carbocycles. The minimum absolute atomic E-state index is 0.167. The molecule has 5 nitrogen and oxygen atoms in total. The predicted octanol–water partition coefficient (Wildman–Crippen LogP) is 2.74. The molecule has 1 atom stereocenters. The van der Waals surface area contributed by atoms with Crippen molar-refractivity contribution in [1.82, 2.24) is 10.3 Å². The minimum Gasteiger partial charge on any atom is -0.492 e. The summed E-state index contributed by atoms with van der Waals surface area (Å²) in [6.45, 7) is 2.64. The van der Waals surface area contributed by atoms with Crippen molar-refractivity contribution in [2.45, 2.75) is 25.8 Å². The number of nitrogens with zero attached hydrogens (tertiary/aromatic N) is 1. The number of rotatable bonds is 5. The Morgan fingerprint density at radius 2 is 2.29 bits per heavy atom. The fourth-order valence-corrected chi connectivity index (χ4v) is 2.49. The fraction of sp³-hybridized carbons (Fsp3) is 0.333. The molecule has 0 bridgehead atoms. The summed E-state index contributed by atoms with van der Waals surface area (Å²) in [6, 6.07) is 7.65. The first kappa shape index (κ1) is 16.2.